The molecule has 0 bridgehead atoms. The number of nitrogens with one attached hydrogen (secondary N) is 1. The van der Waals surface area contributed by atoms with E-state index in [4.69, 9.17) is 4.74 Å². The molecular formula is C20H24FN3O5S. The van der Waals surface area contributed by atoms with Gasteiger partial charge in [0.25, 0.3) is 5.69 Å². The predicted molar refractivity (Wildman–Crippen MR) is 111 cm³/mol. The van der Waals surface area contributed by atoms with Gasteiger partial charge in [-0.3, -0.25) is 10.1 Å². The normalized spacial score (nSPS) is 15.7. The number of hydrogen-bond acceptors (Lipinski definition) is 6. The van der Waals surface area contributed by atoms with Gasteiger partial charge in [0, 0.05) is 37.2 Å². The summed E-state index contributed by atoms with van der Waals surface area (Å²) in [6.07, 6.45) is 0. The number of anilines is 1. The van der Waals surface area contributed by atoms with Crippen molar-refractivity contribution in [1.29, 1.82) is 0 Å². The summed E-state index contributed by atoms with van der Waals surface area (Å²) in [5.41, 5.74) is 0.173. The minimum atomic E-state index is -3.96. The maximum absolute atomic E-state index is 13.6. The molecule has 0 amide bonds. The number of morpholine rings is 1. The lowest BCUT2D eigenvalue weighted by Gasteiger charge is -2.29. The molecule has 0 aliphatic carbocycles. The fraction of sp³-hybridized carbons (Fsp3) is 0.400. The average molecular weight is 437 g/mol. The zero-order valence-corrected chi connectivity index (χ0v) is 17.6. The van der Waals surface area contributed by atoms with E-state index in [-0.39, 0.29) is 48.4 Å². The third-order valence-electron chi connectivity index (χ3n) is 5.09. The van der Waals surface area contributed by atoms with Crippen molar-refractivity contribution >= 4 is 21.4 Å². The van der Waals surface area contributed by atoms with Crippen LogP contribution in [0.1, 0.15) is 19.4 Å². The predicted octanol–water partition coefficient (Wildman–Crippen LogP) is 3.14. The van der Waals surface area contributed by atoms with Crippen molar-refractivity contribution in [3.63, 3.8) is 0 Å². The summed E-state index contributed by atoms with van der Waals surface area (Å²) in [7, 11) is -3.96. The highest BCUT2D eigenvalue weighted by Gasteiger charge is 2.31. The third kappa shape index (κ3) is 4.77. The first kappa shape index (κ1) is 22.1. The van der Waals surface area contributed by atoms with Crippen LogP contribution in [-0.2, 0) is 20.2 Å². The molecule has 30 heavy (non-hydrogen) atoms. The van der Waals surface area contributed by atoms with Gasteiger partial charge in [0.05, 0.1) is 23.8 Å². The van der Waals surface area contributed by atoms with Gasteiger partial charge < -0.3 is 10.1 Å². The highest BCUT2D eigenvalue weighted by Crippen LogP contribution is 2.31. The second-order valence-corrected chi connectivity index (χ2v) is 9.61. The number of nitrogens with zero attached hydrogens (tertiary/aromatic N) is 2. The van der Waals surface area contributed by atoms with E-state index >= 15 is 0 Å². The maximum atomic E-state index is 13.6. The summed E-state index contributed by atoms with van der Waals surface area (Å²) in [5.74, 6) is -0.355. The number of non-ortho nitro benzene ring substituents is 1. The SMILES string of the molecule is CC(C)(CNc1ccc([N+](=O)[O-])cc1S(=O)(=O)N1CCOCC1)c1cccc(F)c1. The van der Waals surface area contributed by atoms with E-state index in [1.54, 1.807) is 12.1 Å². The lowest BCUT2D eigenvalue weighted by Crippen LogP contribution is -2.41. The lowest BCUT2D eigenvalue weighted by atomic mass is 9.84. The van der Waals surface area contributed by atoms with Crippen LogP contribution in [0.5, 0.6) is 0 Å². The molecule has 3 rings (SSSR count). The Labute approximate surface area is 174 Å². The molecule has 2 aromatic rings. The molecule has 2 aromatic carbocycles. The van der Waals surface area contributed by atoms with Gasteiger partial charge in [-0.15, -0.1) is 0 Å². The molecule has 1 fully saturated rings. The van der Waals surface area contributed by atoms with Crippen molar-refractivity contribution in [1.82, 2.24) is 4.31 Å². The van der Waals surface area contributed by atoms with Crippen LogP contribution in [0.2, 0.25) is 0 Å². The van der Waals surface area contributed by atoms with Crippen LogP contribution in [0, 0.1) is 15.9 Å². The van der Waals surface area contributed by atoms with E-state index in [1.807, 2.05) is 13.8 Å². The molecule has 1 saturated heterocycles. The first-order valence-electron chi connectivity index (χ1n) is 9.47. The Morgan fingerprint density at radius 3 is 2.53 bits per heavy atom. The summed E-state index contributed by atoms with van der Waals surface area (Å²) in [6.45, 7) is 4.98. The Morgan fingerprint density at radius 2 is 1.90 bits per heavy atom. The Balaban J connectivity index is 1.93. The van der Waals surface area contributed by atoms with Crippen molar-refractivity contribution in [2.75, 3.05) is 38.2 Å². The summed E-state index contributed by atoms with van der Waals surface area (Å²) in [4.78, 5) is 10.4. The summed E-state index contributed by atoms with van der Waals surface area (Å²) >= 11 is 0. The van der Waals surface area contributed by atoms with Gasteiger partial charge in [0.15, 0.2) is 0 Å². The van der Waals surface area contributed by atoms with Crippen LogP contribution in [-0.4, -0.2) is 50.5 Å². The van der Waals surface area contributed by atoms with Gasteiger partial charge in [-0.05, 0) is 23.8 Å². The molecule has 0 aromatic heterocycles. The minimum absolute atomic E-state index is 0.159. The lowest BCUT2D eigenvalue weighted by molar-refractivity contribution is -0.385. The Bertz CT molecular complexity index is 1040. The smallest absolute Gasteiger partial charge is 0.270 e. The topological polar surface area (TPSA) is 102 Å². The largest absolute Gasteiger partial charge is 0.383 e. The van der Waals surface area contributed by atoms with E-state index < -0.39 is 20.4 Å². The van der Waals surface area contributed by atoms with E-state index in [0.717, 1.165) is 11.6 Å². The van der Waals surface area contributed by atoms with E-state index in [0.29, 0.717) is 6.54 Å². The number of benzene rings is 2. The molecule has 1 aliphatic rings. The van der Waals surface area contributed by atoms with E-state index in [1.165, 1.54) is 28.6 Å². The molecule has 0 saturated carbocycles. The van der Waals surface area contributed by atoms with Crippen molar-refractivity contribution in [2.24, 2.45) is 0 Å². The second kappa shape index (κ2) is 8.66. The number of sulfonamides is 1. The van der Waals surface area contributed by atoms with Gasteiger partial charge in [0.1, 0.15) is 10.7 Å². The van der Waals surface area contributed by atoms with E-state index in [2.05, 4.69) is 5.32 Å². The molecule has 8 nitrogen and oxygen atoms in total. The highest BCUT2D eigenvalue weighted by molar-refractivity contribution is 7.89. The van der Waals surface area contributed by atoms with Crippen LogP contribution < -0.4 is 5.32 Å². The molecule has 1 aliphatic heterocycles. The molecule has 0 atom stereocenters. The monoisotopic (exact) mass is 437 g/mol. The number of halogens is 1. The molecule has 10 heteroatoms. The van der Waals surface area contributed by atoms with Crippen LogP contribution in [0.15, 0.2) is 47.4 Å². The Morgan fingerprint density at radius 1 is 1.20 bits per heavy atom. The third-order valence-corrected chi connectivity index (χ3v) is 7.03. The fourth-order valence-corrected chi connectivity index (χ4v) is 4.83. The molecule has 1 heterocycles. The Kier molecular flexibility index (Phi) is 6.39. The van der Waals surface area contributed by atoms with Crippen LogP contribution >= 0.6 is 0 Å². The van der Waals surface area contributed by atoms with Gasteiger partial charge >= 0.3 is 0 Å². The van der Waals surface area contributed by atoms with E-state index in [9.17, 15) is 22.9 Å². The molecule has 162 valence electrons. The zero-order chi connectivity index (χ0) is 21.9. The standard InChI is InChI=1S/C20H24FN3O5S/c1-20(2,15-4-3-5-16(21)12-15)14-22-18-7-6-17(24(25)26)13-19(18)30(27,28)23-8-10-29-11-9-23/h3-7,12-13,22H,8-11,14H2,1-2H3. The van der Waals surface area contributed by atoms with Crippen molar-refractivity contribution in [3.8, 4) is 0 Å². The minimum Gasteiger partial charge on any atom is -0.383 e. The second-order valence-electron chi connectivity index (χ2n) is 7.70. The van der Waals surface area contributed by atoms with Gasteiger partial charge in [-0.25, -0.2) is 12.8 Å². The highest BCUT2D eigenvalue weighted by atomic mass is 32.2. The molecular weight excluding hydrogens is 413 g/mol. The molecule has 0 unspecified atom stereocenters. The van der Waals surface area contributed by atoms with Gasteiger partial charge in [-0.2, -0.15) is 4.31 Å². The zero-order valence-electron chi connectivity index (χ0n) is 16.8. The number of hydrogen-bond donors (Lipinski definition) is 1. The molecule has 1 N–H and O–H groups in total. The van der Waals surface area contributed by atoms with Crippen LogP contribution in [0.4, 0.5) is 15.8 Å². The van der Waals surface area contributed by atoms with Crippen LogP contribution in [0.25, 0.3) is 0 Å². The quantitative estimate of drug-likeness (QED) is 0.527. The van der Waals surface area contributed by atoms with Crippen molar-refractivity contribution in [3.05, 3.63) is 64.0 Å². The summed E-state index contributed by atoms with van der Waals surface area (Å²) < 4.78 is 46.5. The summed E-state index contributed by atoms with van der Waals surface area (Å²) in [6, 6.07) is 9.93. The fourth-order valence-electron chi connectivity index (χ4n) is 3.24. The molecule has 0 spiro atoms. The first-order chi connectivity index (χ1) is 14.1. The number of rotatable bonds is 7. The first-order valence-corrected chi connectivity index (χ1v) is 10.9. The number of ether oxygens (including phenoxy) is 1. The maximum Gasteiger partial charge on any atom is 0.270 e. The van der Waals surface area contributed by atoms with Crippen molar-refractivity contribution < 1.29 is 22.5 Å². The van der Waals surface area contributed by atoms with Crippen LogP contribution in [0.3, 0.4) is 0 Å². The van der Waals surface area contributed by atoms with Gasteiger partial charge in [0.2, 0.25) is 10.0 Å². The average Bonchev–Trinajstić information content (AvgIpc) is 2.72. The van der Waals surface area contributed by atoms with Crippen molar-refractivity contribution in [2.45, 2.75) is 24.2 Å². The molecule has 0 radical (unpaired) electrons. The van der Waals surface area contributed by atoms with Gasteiger partial charge in [-0.1, -0.05) is 26.0 Å². The number of nitro groups is 1. The Hall–Kier alpha value is -2.56. The summed E-state index contributed by atoms with van der Waals surface area (Å²) in [5, 5.41) is 14.3. The number of nitro benzene ring substituents is 1.